The summed E-state index contributed by atoms with van der Waals surface area (Å²) in [7, 11) is 3.43. The maximum Gasteiger partial charge on any atom is 0.239 e. The highest BCUT2D eigenvalue weighted by Gasteiger charge is 2.09. The zero-order valence-corrected chi connectivity index (χ0v) is 12.3. The van der Waals surface area contributed by atoms with Gasteiger partial charge in [-0.05, 0) is 13.0 Å². The number of hydrogen-bond acceptors (Lipinski definition) is 5. The van der Waals surface area contributed by atoms with E-state index in [-0.39, 0.29) is 12.5 Å². The lowest BCUT2D eigenvalue weighted by atomic mass is 10.2. The Kier molecular flexibility index (Phi) is 6.66. The standard InChI is InChI=1S/C14H23N3O3/c1-4-20-13-8-11(15)7-12(9-13)17(2)10-14(18)16-5-6-19-3/h7-9H,4-6,10,15H2,1-3H3,(H,16,18). The van der Waals surface area contributed by atoms with Crippen LogP contribution in [0.2, 0.25) is 0 Å². The van der Waals surface area contributed by atoms with Gasteiger partial charge in [-0.2, -0.15) is 0 Å². The van der Waals surface area contributed by atoms with E-state index in [0.717, 1.165) is 5.69 Å². The molecule has 6 nitrogen and oxygen atoms in total. The molecule has 20 heavy (non-hydrogen) atoms. The van der Waals surface area contributed by atoms with Crippen LogP contribution >= 0.6 is 0 Å². The number of ether oxygens (including phenoxy) is 2. The number of carbonyl (C=O) groups is 1. The molecule has 0 saturated heterocycles. The van der Waals surface area contributed by atoms with Gasteiger partial charge in [-0.3, -0.25) is 4.79 Å². The highest BCUT2D eigenvalue weighted by molar-refractivity contribution is 5.81. The third-order valence-corrected chi connectivity index (χ3v) is 2.67. The molecule has 0 fully saturated rings. The number of nitrogens with two attached hydrogens (primary N) is 1. The van der Waals surface area contributed by atoms with Gasteiger partial charge >= 0.3 is 0 Å². The van der Waals surface area contributed by atoms with Crippen LogP contribution in [0.4, 0.5) is 11.4 Å². The second kappa shape index (κ2) is 8.27. The van der Waals surface area contributed by atoms with E-state index >= 15 is 0 Å². The van der Waals surface area contributed by atoms with Crippen molar-refractivity contribution in [1.29, 1.82) is 0 Å². The largest absolute Gasteiger partial charge is 0.494 e. The van der Waals surface area contributed by atoms with Crippen molar-refractivity contribution in [2.75, 3.05) is 51.1 Å². The van der Waals surface area contributed by atoms with Gasteiger partial charge in [-0.1, -0.05) is 0 Å². The van der Waals surface area contributed by atoms with E-state index in [0.29, 0.717) is 31.2 Å². The number of nitrogens with one attached hydrogen (secondary N) is 1. The molecule has 0 aliphatic rings. The van der Waals surface area contributed by atoms with Gasteiger partial charge in [0.2, 0.25) is 5.91 Å². The number of likely N-dealkylation sites (N-methyl/N-ethyl adjacent to an activating group) is 1. The molecule has 0 aromatic heterocycles. The number of benzene rings is 1. The molecule has 1 aromatic carbocycles. The molecule has 0 saturated carbocycles. The Morgan fingerprint density at radius 2 is 2.15 bits per heavy atom. The molecular weight excluding hydrogens is 258 g/mol. The minimum Gasteiger partial charge on any atom is -0.494 e. The Morgan fingerprint density at radius 1 is 1.40 bits per heavy atom. The summed E-state index contributed by atoms with van der Waals surface area (Å²) in [5, 5.41) is 2.77. The molecule has 0 bridgehead atoms. The number of anilines is 2. The van der Waals surface area contributed by atoms with Gasteiger partial charge in [0.05, 0.1) is 19.8 Å². The zero-order valence-electron chi connectivity index (χ0n) is 12.3. The maximum absolute atomic E-state index is 11.7. The summed E-state index contributed by atoms with van der Waals surface area (Å²) >= 11 is 0. The number of carbonyl (C=O) groups excluding carboxylic acids is 1. The fraction of sp³-hybridized carbons (Fsp3) is 0.500. The van der Waals surface area contributed by atoms with E-state index in [9.17, 15) is 4.79 Å². The van der Waals surface area contributed by atoms with Gasteiger partial charge < -0.3 is 25.4 Å². The second-order valence-electron chi connectivity index (χ2n) is 4.39. The smallest absolute Gasteiger partial charge is 0.239 e. The number of nitrogen functional groups attached to an aromatic ring is 1. The first-order valence-corrected chi connectivity index (χ1v) is 6.57. The van der Waals surface area contributed by atoms with Crippen molar-refractivity contribution in [1.82, 2.24) is 5.32 Å². The molecule has 0 radical (unpaired) electrons. The summed E-state index contributed by atoms with van der Waals surface area (Å²) in [6, 6.07) is 5.44. The first-order valence-electron chi connectivity index (χ1n) is 6.57. The van der Waals surface area contributed by atoms with E-state index in [1.54, 1.807) is 13.2 Å². The topological polar surface area (TPSA) is 76.8 Å². The van der Waals surface area contributed by atoms with Crippen molar-refractivity contribution in [3.63, 3.8) is 0 Å². The molecule has 6 heteroatoms. The molecule has 112 valence electrons. The van der Waals surface area contributed by atoms with Gasteiger partial charge in [0.15, 0.2) is 0 Å². The Morgan fingerprint density at radius 3 is 2.80 bits per heavy atom. The van der Waals surface area contributed by atoms with E-state index in [1.165, 1.54) is 0 Å². The maximum atomic E-state index is 11.7. The van der Waals surface area contributed by atoms with Gasteiger partial charge in [-0.25, -0.2) is 0 Å². The van der Waals surface area contributed by atoms with E-state index in [1.807, 2.05) is 31.0 Å². The molecule has 0 spiro atoms. The molecule has 0 unspecified atom stereocenters. The SMILES string of the molecule is CCOc1cc(N)cc(N(C)CC(=O)NCCOC)c1. The second-order valence-corrected chi connectivity index (χ2v) is 4.39. The lowest BCUT2D eigenvalue weighted by Crippen LogP contribution is -2.36. The number of rotatable bonds is 8. The van der Waals surface area contributed by atoms with Crippen LogP contribution in [0.1, 0.15) is 6.92 Å². The van der Waals surface area contributed by atoms with Crippen molar-refractivity contribution < 1.29 is 14.3 Å². The highest BCUT2D eigenvalue weighted by atomic mass is 16.5. The van der Waals surface area contributed by atoms with Crippen molar-refractivity contribution in [3.05, 3.63) is 18.2 Å². The van der Waals surface area contributed by atoms with Crippen molar-refractivity contribution >= 4 is 17.3 Å². The molecule has 0 atom stereocenters. The Hall–Kier alpha value is -1.95. The van der Waals surface area contributed by atoms with E-state index in [2.05, 4.69) is 5.32 Å². The van der Waals surface area contributed by atoms with Crippen LogP contribution in [-0.2, 0) is 9.53 Å². The van der Waals surface area contributed by atoms with Crippen LogP contribution in [0, 0.1) is 0 Å². The summed E-state index contributed by atoms with van der Waals surface area (Å²) in [5.41, 5.74) is 7.28. The lowest BCUT2D eigenvalue weighted by Gasteiger charge is -2.20. The Balaban J connectivity index is 2.62. The third-order valence-electron chi connectivity index (χ3n) is 2.67. The summed E-state index contributed by atoms with van der Waals surface area (Å²) in [6.45, 7) is 3.74. The predicted molar refractivity (Wildman–Crippen MR) is 80.2 cm³/mol. The zero-order chi connectivity index (χ0) is 15.0. The molecule has 0 aliphatic heterocycles. The summed E-state index contributed by atoms with van der Waals surface area (Å²) in [5.74, 6) is 0.638. The quantitative estimate of drug-likeness (QED) is 0.546. The molecule has 1 rings (SSSR count). The van der Waals surface area contributed by atoms with Crippen molar-refractivity contribution in [2.45, 2.75) is 6.92 Å². The first kappa shape index (κ1) is 16.1. The van der Waals surface area contributed by atoms with Crippen LogP contribution in [0.5, 0.6) is 5.75 Å². The van der Waals surface area contributed by atoms with Crippen molar-refractivity contribution in [2.24, 2.45) is 0 Å². The van der Waals surface area contributed by atoms with Crippen LogP contribution in [0.25, 0.3) is 0 Å². The van der Waals surface area contributed by atoms with Crippen LogP contribution in [-0.4, -0.2) is 46.4 Å². The van der Waals surface area contributed by atoms with Crippen LogP contribution in [0.15, 0.2) is 18.2 Å². The molecular formula is C14H23N3O3. The Labute approximate surface area is 119 Å². The minimum absolute atomic E-state index is 0.0649. The first-order chi connectivity index (χ1) is 9.56. The number of amides is 1. The molecule has 1 aromatic rings. The molecule has 0 heterocycles. The monoisotopic (exact) mass is 281 g/mol. The summed E-state index contributed by atoms with van der Waals surface area (Å²) in [4.78, 5) is 13.5. The van der Waals surface area contributed by atoms with Crippen LogP contribution in [0.3, 0.4) is 0 Å². The predicted octanol–water partition coefficient (Wildman–Crippen LogP) is 0.866. The normalized spacial score (nSPS) is 10.2. The summed E-state index contributed by atoms with van der Waals surface area (Å²) in [6.07, 6.45) is 0. The highest BCUT2D eigenvalue weighted by Crippen LogP contribution is 2.24. The summed E-state index contributed by atoms with van der Waals surface area (Å²) < 4.78 is 10.3. The molecule has 0 aliphatic carbocycles. The molecule has 1 amide bonds. The Bertz CT molecular complexity index is 438. The lowest BCUT2D eigenvalue weighted by molar-refractivity contribution is -0.119. The van der Waals surface area contributed by atoms with Crippen molar-refractivity contribution in [3.8, 4) is 5.75 Å². The van der Waals surface area contributed by atoms with Gasteiger partial charge in [-0.15, -0.1) is 0 Å². The van der Waals surface area contributed by atoms with Gasteiger partial charge in [0.25, 0.3) is 0 Å². The number of hydrogen-bond donors (Lipinski definition) is 2. The van der Waals surface area contributed by atoms with Crippen LogP contribution < -0.4 is 20.7 Å². The van der Waals surface area contributed by atoms with Gasteiger partial charge in [0, 0.05) is 44.2 Å². The van der Waals surface area contributed by atoms with Gasteiger partial charge in [0.1, 0.15) is 5.75 Å². The number of methoxy groups -OCH3 is 1. The van der Waals surface area contributed by atoms with E-state index < -0.39 is 0 Å². The fourth-order valence-corrected chi connectivity index (χ4v) is 1.73. The third kappa shape index (κ3) is 5.36. The number of nitrogens with zero attached hydrogens (tertiary/aromatic N) is 1. The fourth-order valence-electron chi connectivity index (χ4n) is 1.73. The van der Waals surface area contributed by atoms with E-state index in [4.69, 9.17) is 15.2 Å². The average Bonchev–Trinajstić information content (AvgIpc) is 2.38. The minimum atomic E-state index is -0.0649. The molecule has 3 N–H and O–H groups in total. The average molecular weight is 281 g/mol.